The van der Waals surface area contributed by atoms with Gasteiger partial charge in [-0.2, -0.15) is 0 Å². The molecule has 3 rings (SSSR count). The average Bonchev–Trinajstić information content (AvgIpc) is 3.14. The molecule has 1 saturated carbocycles. The number of nitrogens with one attached hydrogen (secondary N) is 1. The highest BCUT2D eigenvalue weighted by atomic mass is 127. The normalized spacial score (nSPS) is 21.6. The first-order valence-corrected chi connectivity index (χ1v) is 10.0. The fraction of sp³-hybridized carbons (Fsp3) is 0.667. The highest BCUT2D eigenvalue weighted by molar-refractivity contribution is 14.0. The van der Waals surface area contributed by atoms with Crippen molar-refractivity contribution in [3.05, 3.63) is 17.7 Å². The molecule has 1 N–H and O–H groups in total. The minimum Gasteiger partial charge on any atom is -0.496 e. The molecule has 0 radical (unpaired) electrons. The minimum atomic E-state index is 0. The summed E-state index contributed by atoms with van der Waals surface area (Å²) in [5.41, 5.74) is 0.988. The lowest BCUT2D eigenvalue weighted by atomic mass is 9.82. The summed E-state index contributed by atoms with van der Waals surface area (Å²) in [7, 11) is 4.95. The predicted molar refractivity (Wildman–Crippen MR) is 123 cm³/mol. The van der Waals surface area contributed by atoms with E-state index >= 15 is 0 Å². The molecule has 158 valence electrons. The van der Waals surface area contributed by atoms with E-state index in [9.17, 15) is 0 Å². The summed E-state index contributed by atoms with van der Waals surface area (Å²) in [5.74, 6) is 4.79. The molecular weight excluding hydrogens is 469 g/mol. The number of likely N-dealkylation sites (tertiary alicyclic amines) is 1. The molecule has 0 bridgehead atoms. The van der Waals surface area contributed by atoms with Crippen molar-refractivity contribution in [1.29, 1.82) is 0 Å². The number of hydrogen-bond acceptors (Lipinski definition) is 4. The Morgan fingerprint density at radius 1 is 1.00 bits per heavy atom. The highest BCUT2D eigenvalue weighted by Crippen LogP contribution is 2.37. The number of halogens is 1. The summed E-state index contributed by atoms with van der Waals surface area (Å²) in [4.78, 5) is 7.36. The molecule has 1 aliphatic heterocycles. The molecule has 2 unspecified atom stereocenters. The molecule has 7 heteroatoms. The third kappa shape index (κ3) is 5.15. The number of nitrogens with zero attached hydrogens (tertiary/aromatic N) is 2. The summed E-state index contributed by atoms with van der Waals surface area (Å²) in [6.07, 6.45) is 5.49. The Morgan fingerprint density at radius 2 is 1.57 bits per heavy atom. The standard InChI is InChI=1S/C21H33N3O3.HI/c1-5-22-21(24-13-15-8-6-7-9-16(15)14-24)23-12-17-10-19(26-3)20(27-4)11-18(17)25-2;/h10-11,15-16H,5-9,12-14H2,1-4H3,(H,22,23);1H. The minimum absolute atomic E-state index is 0. The summed E-state index contributed by atoms with van der Waals surface area (Å²) in [6, 6.07) is 3.81. The third-order valence-corrected chi connectivity index (χ3v) is 5.80. The van der Waals surface area contributed by atoms with E-state index in [0.717, 1.165) is 48.7 Å². The number of benzene rings is 1. The molecule has 0 aromatic heterocycles. The van der Waals surface area contributed by atoms with E-state index < -0.39 is 0 Å². The molecule has 0 spiro atoms. The van der Waals surface area contributed by atoms with Gasteiger partial charge in [-0.15, -0.1) is 24.0 Å². The molecular formula is C21H34IN3O3. The molecule has 0 amide bonds. The van der Waals surface area contributed by atoms with Gasteiger partial charge < -0.3 is 24.4 Å². The largest absolute Gasteiger partial charge is 0.496 e. The number of ether oxygens (including phenoxy) is 3. The van der Waals surface area contributed by atoms with Crippen LogP contribution in [0.25, 0.3) is 0 Å². The number of aliphatic imine (C=N–C) groups is 1. The number of fused-ring (bicyclic) bond motifs is 1. The molecule has 1 aromatic carbocycles. The van der Waals surface area contributed by atoms with Gasteiger partial charge >= 0.3 is 0 Å². The van der Waals surface area contributed by atoms with Gasteiger partial charge in [0.25, 0.3) is 0 Å². The molecule has 2 fully saturated rings. The summed E-state index contributed by atoms with van der Waals surface area (Å²) in [5, 5.41) is 3.47. The number of guanidine groups is 1. The monoisotopic (exact) mass is 503 g/mol. The zero-order chi connectivity index (χ0) is 19.2. The second kappa shape index (κ2) is 11.0. The van der Waals surface area contributed by atoms with Crippen molar-refractivity contribution in [2.75, 3.05) is 41.0 Å². The van der Waals surface area contributed by atoms with Crippen molar-refractivity contribution in [2.24, 2.45) is 16.8 Å². The van der Waals surface area contributed by atoms with Crippen LogP contribution in [0.15, 0.2) is 17.1 Å². The van der Waals surface area contributed by atoms with Crippen LogP contribution in [0, 0.1) is 11.8 Å². The maximum atomic E-state index is 5.54. The Bertz CT molecular complexity index is 655. The van der Waals surface area contributed by atoms with Crippen LogP contribution in [0.5, 0.6) is 17.2 Å². The van der Waals surface area contributed by atoms with Crippen molar-refractivity contribution in [3.63, 3.8) is 0 Å². The number of rotatable bonds is 6. The molecule has 2 aliphatic rings. The Kier molecular flexibility index (Phi) is 8.98. The quantitative estimate of drug-likeness (QED) is 0.363. The second-order valence-corrected chi connectivity index (χ2v) is 7.40. The summed E-state index contributed by atoms with van der Waals surface area (Å²) >= 11 is 0. The molecule has 6 nitrogen and oxygen atoms in total. The van der Waals surface area contributed by atoms with Crippen LogP contribution in [-0.4, -0.2) is 51.8 Å². The van der Waals surface area contributed by atoms with E-state index in [4.69, 9.17) is 19.2 Å². The summed E-state index contributed by atoms with van der Waals surface area (Å²) < 4.78 is 16.4. The first-order valence-electron chi connectivity index (χ1n) is 10.0. The molecule has 1 heterocycles. The van der Waals surface area contributed by atoms with Crippen molar-refractivity contribution in [3.8, 4) is 17.2 Å². The lowest BCUT2D eigenvalue weighted by molar-refractivity contribution is 0.299. The van der Waals surface area contributed by atoms with Crippen LogP contribution in [0.1, 0.15) is 38.2 Å². The Balaban J connectivity index is 0.00000280. The zero-order valence-corrected chi connectivity index (χ0v) is 19.8. The second-order valence-electron chi connectivity index (χ2n) is 7.40. The van der Waals surface area contributed by atoms with Gasteiger partial charge in [-0.05, 0) is 37.7 Å². The maximum Gasteiger partial charge on any atom is 0.194 e. The fourth-order valence-electron chi connectivity index (χ4n) is 4.38. The zero-order valence-electron chi connectivity index (χ0n) is 17.5. The molecule has 28 heavy (non-hydrogen) atoms. The van der Waals surface area contributed by atoms with Gasteiger partial charge in [0, 0.05) is 31.3 Å². The van der Waals surface area contributed by atoms with Crippen LogP contribution in [-0.2, 0) is 6.54 Å². The fourth-order valence-corrected chi connectivity index (χ4v) is 4.38. The topological polar surface area (TPSA) is 55.3 Å². The van der Waals surface area contributed by atoms with Crippen LogP contribution in [0.3, 0.4) is 0 Å². The van der Waals surface area contributed by atoms with Crippen LogP contribution in [0.4, 0.5) is 0 Å². The Labute approximate surface area is 186 Å². The van der Waals surface area contributed by atoms with E-state index in [-0.39, 0.29) is 24.0 Å². The van der Waals surface area contributed by atoms with Crippen molar-refractivity contribution in [1.82, 2.24) is 10.2 Å². The van der Waals surface area contributed by atoms with Gasteiger partial charge in [0.2, 0.25) is 0 Å². The van der Waals surface area contributed by atoms with Gasteiger partial charge in [-0.1, -0.05) is 12.8 Å². The SMILES string of the molecule is CCNC(=NCc1cc(OC)c(OC)cc1OC)N1CC2CCCCC2C1.I. The average molecular weight is 503 g/mol. The molecule has 1 aliphatic carbocycles. The first-order chi connectivity index (χ1) is 13.2. The van der Waals surface area contributed by atoms with Crippen LogP contribution in [0.2, 0.25) is 0 Å². The van der Waals surface area contributed by atoms with E-state index in [0.29, 0.717) is 18.0 Å². The molecule has 1 aromatic rings. The van der Waals surface area contributed by atoms with Crippen molar-refractivity contribution >= 4 is 29.9 Å². The van der Waals surface area contributed by atoms with Crippen LogP contribution >= 0.6 is 24.0 Å². The van der Waals surface area contributed by atoms with Gasteiger partial charge in [0.1, 0.15) is 5.75 Å². The van der Waals surface area contributed by atoms with Gasteiger partial charge in [-0.25, -0.2) is 4.99 Å². The summed E-state index contributed by atoms with van der Waals surface area (Å²) in [6.45, 7) is 5.78. The first kappa shape index (κ1) is 22.9. The number of hydrogen-bond donors (Lipinski definition) is 1. The van der Waals surface area contributed by atoms with E-state index in [1.165, 1.54) is 25.7 Å². The lowest BCUT2D eigenvalue weighted by Gasteiger charge is -2.22. The van der Waals surface area contributed by atoms with Gasteiger partial charge in [-0.3, -0.25) is 0 Å². The smallest absolute Gasteiger partial charge is 0.194 e. The number of methoxy groups -OCH3 is 3. The predicted octanol–water partition coefficient (Wildman–Crippen LogP) is 3.92. The van der Waals surface area contributed by atoms with Crippen LogP contribution < -0.4 is 19.5 Å². The van der Waals surface area contributed by atoms with Gasteiger partial charge in [0.05, 0.1) is 27.9 Å². The van der Waals surface area contributed by atoms with E-state index in [1.807, 2.05) is 12.1 Å². The molecule has 2 atom stereocenters. The highest BCUT2D eigenvalue weighted by Gasteiger charge is 2.35. The lowest BCUT2D eigenvalue weighted by Crippen LogP contribution is -2.40. The maximum absolute atomic E-state index is 5.54. The molecule has 1 saturated heterocycles. The van der Waals surface area contributed by atoms with Crippen molar-refractivity contribution in [2.45, 2.75) is 39.2 Å². The third-order valence-electron chi connectivity index (χ3n) is 5.80. The van der Waals surface area contributed by atoms with E-state index in [2.05, 4.69) is 17.1 Å². The van der Waals surface area contributed by atoms with Gasteiger partial charge in [0.15, 0.2) is 17.5 Å². The van der Waals surface area contributed by atoms with Crippen molar-refractivity contribution < 1.29 is 14.2 Å². The Hall–Kier alpha value is -1.38. The van der Waals surface area contributed by atoms with E-state index in [1.54, 1.807) is 21.3 Å². The Morgan fingerprint density at radius 3 is 2.11 bits per heavy atom.